The highest BCUT2D eigenvalue weighted by Crippen LogP contribution is 2.43. The number of benzene rings is 7. The second-order valence-corrected chi connectivity index (χ2v) is 11.4. The van der Waals surface area contributed by atoms with Crippen LogP contribution in [0.4, 0.5) is 0 Å². The number of hydrogen-bond donors (Lipinski definition) is 1. The van der Waals surface area contributed by atoms with Gasteiger partial charge in [0.05, 0.1) is 27.5 Å². The number of aromatic nitrogens is 2. The highest BCUT2D eigenvalue weighted by Gasteiger charge is 2.19. The molecule has 0 fully saturated rings. The number of nitrogens with zero attached hydrogens (tertiary/aromatic N) is 1. The first-order valence-corrected chi connectivity index (χ1v) is 14.7. The second-order valence-electron chi connectivity index (χ2n) is 11.4. The summed E-state index contributed by atoms with van der Waals surface area (Å²) in [5.41, 5.74) is 9.94. The zero-order valence-electron chi connectivity index (χ0n) is 23.1. The van der Waals surface area contributed by atoms with Crippen LogP contribution in [0.1, 0.15) is 0 Å². The van der Waals surface area contributed by atoms with E-state index in [-0.39, 0.29) is 0 Å². The van der Waals surface area contributed by atoms with Gasteiger partial charge in [-0.3, -0.25) is 0 Å². The van der Waals surface area contributed by atoms with E-state index in [0.717, 1.165) is 33.0 Å². The topological polar surface area (TPSA) is 33.9 Å². The lowest BCUT2D eigenvalue weighted by atomic mass is 9.98. The number of aromatic amines is 1. The molecule has 7 aromatic carbocycles. The van der Waals surface area contributed by atoms with Crippen molar-refractivity contribution in [3.63, 3.8) is 0 Å². The van der Waals surface area contributed by atoms with E-state index in [9.17, 15) is 0 Å². The molecule has 3 heteroatoms. The molecule has 0 radical (unpaired) electrons. The summed E-state index contributed by atoms with van der Waals surface area (Å²) < 4.78 is 8.96. The van der Waals surface area contributed by atoms with Gasteiger partial charge in [0.25, 0.3) is 0 Å². The molecule has 3 aromatic heterocycles. The number of para-hydroxylation sites is 2. The summed E-state index contributed by atoms with van der Waals surface area (Å²) in [5.74, 6) is 0. The van der Waals surface area contributed by atoms with Gasteiger partial charge >= 0.3 is 0 Å². The Kier molecular flexibility index (Phi) is 4.45. The van der Waals surface area contributed by atoms with Crippen LogP contribution in [-0.2, 0) is 0 Å². The van der Waals surface area contributed by atoms with E-state index in [1.165, 1.54) is 60.2 Å². The fourth-order valence-corrected chi connectivity index (χ4v) is 7.22. The number of furan rings is 1. The second kappa shape index (κ2) is 8.37. The molecule has 0 amide bonds. The summed E-state index contributed by atoms with van der Waals surface area (Å²) in [4.78, 5) is 3.79. The van der Waals surface area contributed by atoms with Crippen LogP contribution in [0.15, 0.2) is 144 Å². The third-order valence-corrected chi connectivity index (χ3v) is 9.12. The normalized spacial score (nSPS) is 12.2. The number of rotatable bonds is 2. The summed E-state index contributed by atoms with van der Waals surface area (Å²) >= 11 is 0. The summed E-state index contributed by atoms with van der Waals surface area (Å²) in [5, 5.41) is 9.68. The first-order chi connectivity index (χ1) is 21.3. The first kappa shape index (κ1) is 22.8. The van der Waals surface area contributed by atoms with Crippen molar-refractivity contribution in [2.75, 3.05) is 0 Å². The van der Waals surface area contributed by atoms with Gasteiger partial charge in [0.1, 0.15) is 5.58 Å². The zero-order valence-corrected chi connectivity index (χ0v) is 23.1. The summed E-state index contributed by atoms with van der Waals surface area (Å²) in [6.45, 7) is 0. The maximum Gasteiger partial charge on any atom is 0.161 e. The largest absolute Gasteiger partial charge is 0.454 e. The van der Waals surface area contributed by atoms with Crippen LogP contribution < -0.4 is 0 Å². The van der Waals surface area contributed by atoms with Crippen LogP contribution in [0.3, 0.4) is 0 Å². The minimum absolute atomic E-state index is 0.894. The van der Waals surface area contributed by atoms with Gasteiger partial charge in [-0.15, -0.1) is 0 Å². The predicted molar refractivity (Wildman–Crippen MR) is 180 cm³/mol. The van der Waals surface area contributed by atoms with Crippen LogP contribution in [0.5, 0.6) is 0 Å². The Hall–Kier alpha value is -5.80. The zero-order chi connectivity index (χ0) is 28.1. The molecule has 0 atom stereocenters. The highest BCUT2D eigenvalue weighted by atomic mass is 16.3. The summed E-state index contributed by atoms with van der Waals surface area (Å²) in [6.07, 6.45) is 0. The average molecular weight is 549 g/mol. The van der Waals surface area contributed by atoms with Crippen LogP contribution in [-0.4, -0.2) is 9.55 Å². The molecule has 0 saturated heterocycles. The van der Waals surface area contributed by atoms with Crippen molar-refractivity contribution in [3.05, 3.63) is 140 Å². The fourth-order valence-electron chi connectivity index (χ4n) is 7.22. The number of fused-ring (bicyclic) bond motifs is 13. The number of H-pyrrole nitrogens is 1. The van der Waals surface area contributed by atoms with E-state index >= 15 is 0 Å². The molecule has 0 unspecified atom stereocenters. The van der Waals surface area contributed by atoms with Crippen LogP contribution >= 0.6 is 0 Å². The molecule has 0 bridgehead atoms. The standard InChI is InChI=1S/C40H24N2O/c1-2-10-26(11-3-1)42-34-17-9-8-14-29(34)32-22-24(18-20-35(32)42)25-19-21-36-33(23-25)39-40(43-36)37-30-15-6-4-12-27(30)28-13-5-7-16-31(28)38(37)41-39/h1-23,41H. The van der Waals surface area contributed by atoms with Gasteiger partial charge in [-0.2, -0.15) is 0 Å². The Morgan fingerprint density at radius 3 is 1.86 bits per heavy atom. The van der Waals surface area contributed by atoms with Crippen LogP contribution in [0, 0.1) is 0 Å². The third-order valence-electron chi connectivity index (χ3n) is 9.12. The van der Waals surface area contributed by atoms with Gasteiger partial charge in [0.15, 0.2) is 5.58 Å². The average Bonchev–Trinajstić information content (AvgIpc) is 3.73. The minimum atomic E-state index is 0.894. The lowest BCUT2D eigenvalue weighted by Gasteiger charge is -2.08. The SMILES string of the molecule is c1ccc(-n2c3ccccc3c3cc(-c4ccc5oc6c([nH]c7c8ccccc8c8ccccc8c76)c5c4)ccc32)cc1. The molecule has 0 aliphatic heterocycles. The van der Waals surface area contributed by atoms with E-state index in [0.29, 0.717) is 0 Å². The van der Waals surface area contributed by atoms with Gasteiger partial charge in [0, 0.05) is 27.2 Å². The van der Waals surface area contributed by atoms with E-state index in [1.807, 2.05) is 0 Å². The van der Waals surface area contributed by atoms with Crippen molar-refractivity contribution in [2.24, 2.45) is 0 Å². The van der Waals surface area contributed by atoms with Gasteiger partial charge in [0.2, 0.25) is 0 Å². The molecule has 0 aliphatic carbocycles. The molecule has 0 spiro atoms. The Balaban J connectivity index is 1.22. The molecule has 3 heterocycles. The molecule has 43 heavy (non-hydrogen) atoms. The predicted octanol–water partition coefficient (Wildman–Crippen LogP) is 11.1. The van der Waals surface area contributed by atoms with Gasteiger partial charge < -0.3 is 14.0 Å². The van der Waals surface area contributed by atoms with Crippen LogP contribution in [0.25, 0.3) is 93.1 Å². The minimum Gasteiger partial charge on any atom is -0.454 e. The van der Waals surface area contributed by atoms with Crippen molar-refractivity contribution in [1.29, 1.82) is 0 Å². The van der Waals surface area contributed by atoms with E-state index in [2.05, 4.69) is 149 Å². The highest BCUT2D eigenvalue weighted by molar-refractivity contribution is 6.32. The maximum absolute atomic E-state index is 6.60. The molecule has 10 aromatic rings. The first-order valence-electron chi connectivity index (χ1n) is 14.7. The van der Waals surface area contributed by atoms with E-state index in [4.69, 9.17) is 4.42 Å². The van der Waals surface area contributed by atoms with Crippen LogP contribution in [0.2, 0.25) is 0 Å². The molecular formula is C40H24N2O. The molecule has 3 nitrogen and oxygen atoms in total. The van der Waals surface area contributed by atoms with Crippen molar-refractivity contribution in [1.82, 2.24) is 9.55 Å². The quantitative estimate of drug-likeness (QED) is 0.214. The summed E-state index contributed by atoms with van der Waals surface area (Å²) in [6, 6.07) is 50.0. The Bertz CT molecular complexity index is 2720. The molecule has 1 N–H and O–H groups in total. The Morgan fingerprint density at radius 2 is 1.05 bits per heavy atom. The van der Waals surface area contributed by atoms with E-state index in [1.54, 1.807) is 0 Å². The monoisotopic (exact) mass is 548 g/mol. The Labute approximate surface area is 246 Å². The summed E-state index contributed by atoms with van der Waals surface area (Å²) in [7, 11) is 0. The lowest BCUT2D eigenvalue weighted by Crippen LogP contribution is -1.92. The van der Waals surface area contributed by atoms with E-state index < -0.39 is 0 Å². The van der Waals surface area contributed by atoms with Crippen molar-refractivity contribution >= 4 is 76.3 Å². The fraction of sp³-hybridized carbons (Fsp3) is 0. The van der Waals surface area contributed by atoms with Gasteiger partial charge in [-0.1, -0.05) is 97.1 Å². The van der Waals surface area contributed by atoms with Gasteiger partial charge in [-0.25, -0.2) is 0 Å². The number of hydrogen-bond acceptors (Lipinski definition) is 1. The van der Waals surface area contributed by atoms with Gasteiger partial charge in [-0.05, 0) is 69.8 Å². The number of nitrogens with one attached hydrogen (secondary N) is 1. The van der Waals surface area contributed by atoms with Crippen molar-refractivity contribution in [2.45, 2.75) is 0 Å². The molecule has 200 valence electrons. The molecule has 10 rings (SSSR count). The van der Waals surface area contributed by atoms with Crippen molar-refractivity contribution in [3.8, 4) is 16.8 Å². The Morgan fingerprint density at radius 1 is 0.442 bits per heavy atom. The smallest absolute Gasteiger partial charge is 0.161 e. The molecule has 0 aliphatic rings. The van der Waals surface area contributed by atoms with Crippen molar-refractivity contribution < 1.29 is 4.42 Å². The molecular weight excluding hydrogens is 524 g/mol. The maximum atomic E-state index is 6.60. The molecule has 0 saturated carbocycles. The lowest BCUT2D eigenvalue weighted by molar-refractivity contribution is 0.673. The third kappa shape index (κ3) is 3.08.